The number of benzene rings is 4. The van der Waals surface area contributed by atoms with E-state index in [1.165, 1.54) is 10.8 Å². The van der Waals surface area contributed by atoms with Crippen molar-refractivity contribution in [2.75, 3.05) is 19.0 Å². The minimum atomic E-state index is -4.68. The third-order valence-corrected chi connectivity index (χ3v) is 7.89. The highest BCUT2D eigenvalue weighted by Gasteiger charge is 2.37. The van der Waals surface area contributed by atoms with Crippen LogP contribution < -0.4 is 4.90 Å². The highest BCUT2D eigenvalue weighted by Crippen LogP contribution is 2.44. The molecule has 6 aromatic rings. The Hall–Kier alpha value is -5.12. The van der Waals surface area contributed by atoms with Crippen molar-refractivity contribution in [3.8, 4) is 39.1 Å². The number of nitrogens with zero attached hydrogens (tertiary/aromatic N) is 4. The van der Waals surface area contributed by atoms with E-state index in [2.05, 4.69) is 4.98 Å². The van der Waals surface area contributed by atoms with Crippen molar-refractivity contribution >= 4 is 17.1 Å². The predicted octanol–water partition coefficient (Wildman–Crippen LogP) is 10.1. The molecule has 6 rings (SSSR count). The molecule has 0 saturated carbocycles. The molecule has 0 bridgehead atoms. The SMILES string of the molecule is Cc1cc(-c2ccnc3c2nc(N(C)C)n3-c2cc(C)c(-c3ccccc3)c(C(F)(F)F)c2)cc(C(F)(F)F)c1-c1ccccc1. The van der Waals surface area contributed by atoms with Gasteiger partial charge in [0.05, 0.1) is 16.8 Å². The molecule has 10 heteroatoms. The minimum absolute atomic E-state index is 0.0648. The van der Waals surface area contributed by atoms with E-state index in [4.69, 9.17) is 4.98 Å². The molecule has 2 heterocycles. The topological polar surface area (TPSA) is 34.0 Å². The molecule has 234 valence electrons. The maximum Gasteiger partial charge on any atom is 0.417 e. The van der Waals surface area contributed by atoms with Gasteiger partial charge in [0.2, 0.25) is 5.95 Å². The van der Waals surface area contributed by atoms with Crippen LogP contribution in [0.4, 0.5) is 32.3 Å². The highest BCUT2D eigenvalue weighted by atomic mass is 19.4. The number of rotatable bonds is 5. The van der Waals surface area contributed by atoms with E-state index in [1.807, 2.05) is 0 Å². The van der Waals surface area contributed by atoms with Gasteiger partial charge in [-0.05, 0) is 77.1 Å². The number of pyridine rings is 1. The Morgan fingerprint density at radius 1 is 0.630 bits per heavy atom. The first-order valence-electron chi connectivity index (χ1n) is 14.4. The minimum Gasteiger partial charge on any atom is -0.348 e. The fourth-order valence-electron chi connectivity index (χ4n) is 6.00. The van der Waals surface area contributed by atoms with Crippen molar-refractivity contribution in [1.29, 1.82) is 0 Å². The van der Waals surface area contributed by atoms with E-state index in [9.17, 15) is 26.3 Å². The quantitative estimate of drug-likeness (QED) is 0.178. The van der Waals surface area contributed by atoms with Crippen LogP contribution >= 0.6 is 0 Å². The molecular formula is C36H28F6N4. The summed E-state index contributed by atoms with van der Waals surface area (Å²) in [6.45, 7) is 3.24. The van der Waals surface area contributed by atoms with E-state index in [-0.39, 0.29) is 39.5 Å². The maximum atomic E-state index is 14.6. The first-order chi connectivity index (χ1) is 21.8. The summed E-state index contributed by atoms with van der Waals surface area (Å²) in [7, 11) is 3.38. The van der Waals surface area contributed by atoms with Crippen LogP contribution in [0.25, 0.3) is 50.2 Å². The van der Waals surface area contributed by atoms with Gasteiger partial charge in [-0.2, -0.15) is 26.3 Å². The second kappa shape index (κ2) is 11.3. The van der Waals surface area contributed by atoms with Crippen LogP contribution in [0, 0.1) is 13.8 Å². The van der Waals surface area contributed by atoms with E-state index in [0.717, 1.165) is 12.1 Å². The number of fused-ring (bicyclic) bond motifs is 1. The average Bonchev–Trinajstić information content (AvgIpc) is 3.41. The second-order valence-corrected chi connectivity index (χ2v) is 11.3. The lowest BCUT2D eigenvalue weighted by molar-refractivity contribution is -0.137. The summed E-state index contributed by atoms with van der Waals surface area (Å²) in [5.74, 6) is 0.267. The Balaban J connectivity index is 1.61. The molecule has 0 radical (unpaired) electrons. The maximum absolute atomic E-state index is 14.6. The Kier molecular flexibility index (Phi) is 7.62. The van der Waals surface area contributed by atoms with Gasteiger partial charge >= 0.3 is 12.4 Å². The molecule has 0 N–H and O–H groups in total. The lowest BCUT2D eigenvalue weighted by Crippen LogP contribution is -2.16. The van der Waals surface area contributed by atoms with E-state index >= 15 is 0 Å². The molecule has 0 saturated heterocycles. The average molecular weight is 631 g/mol. The molecule has 0 spiro atoms. The molecule has 0 amide bonds. The van der Waals surface area contributed by atoms with Crippen LogP contribution in [0.5, 0.6) is 0 Å². The van der Waals surface area contributed by atoms with Crippen molar-refractivity contribution in [3.63, 3.8) is 0 Å². The van der Waals surface area contributed by atoms with E-state index in [1.54, 1.807) is 112 Å². The summed E-state index contributed by atoms with van der Waals surface area (Å²) in [5, 5.41) is 0. The number of hydrogen-bond donors (Lipinski definition) is 0. The lowest BCUT2D eigenvalue weighted by atomic mass is 9.90. The van der Waals surface area contributed by atoms with Crippen LogP contribution in [0.2, 0.25) is 0 Å². The Morgan fingerprint density at radius 3 is 1.67 bits per heavy atom. The second-order valence-electron chi connectivity index (χ2n) is 11.3. The molecule has 4 nitrogen and oxygen atoms in total. The molecule has 4 aromatic carbocycles. The lowest BCUT2D eigenvalue weighted by Gasteiger charge is -2.20. The van der Waals surface area contributed by atoms with Gasteiger partial charge in [0.1, 0.15) is 5.52 Å². The van der Waals surface area contributed by atoms with Crippen molar-refractivity contribution in [2.24, 2.45) is 0 Å². The molecule has 0 fully saturated rings. The summed E-state index contributed by atoms with van der Waals surface area (Å²) in [5.41, 5.74) is 1.46. The standard InChI is InChI=1S/C36H28F6N4/c1-21-17-25(19-28(35(37,38)39)30(21)23-11-7-5-8-12-23)27-15-16-43-33-32(27)44-34(45(3)4)46(33)26-18-22(2)31(24-13-9-6-10-14-24)29(20-26)36(40,41)42/h5-20H,1-4H3. The summed E-state index contributed by atoms with van der Waals surface area (Å²) in [6.07, 6.45) is -7.90. The van der Waals surface area contributed by atoms with Crippen LogP contribution in [0.3, 0.4) is 0 Å². The zero-order valence-corrected chi connectivity index (χ0v) is 25.3. The third-order valence-electron chi connectivity index (χ3n) is 7.89. The molecule has 46 heavy (non-hydrogen) atoms. The molecule has 0 aliphatic heterocycles. The van der Waals surface area contributed by atoms with Crippen LogP contribution in [0.15, 0.2) is 97.2 Å². The molecular weight excluding hydrogens is 602 g/mol. The van der Waals surface area contributed by atoms with Gasteiger partial charge in [0.25, 0.3) is 0 Å². The van der Waals surface area contributed by atoms with Gasteiger partial charge in [-0.25, -0.2) is 9.97 Å². The Morgan fingerprint density at radius 2 is 1.15 bits per heavy atom. The van der Waals surface area contributed by atoms with Crippen molar-refractivity contribution in [3.05, 3.63) is 119 Å². The normalized spacial score (nSPS) is 12.1. The number of alkyl halides is 6. The highest BCUT2D eigenvalue weighted by molar-refractivity contribution is 5.94. The number of anilines is 1. The zero-order chi connectivity index (χ0) is 33.0. The van der Waals surface area contributed by atoms with E-state index in [0.29, 0.717) is 27.8 Å². The Bertz CT molecular complexity index is 2060. The first-order valence-corrected chi connectivity index (χ1v) is 14.4. The number of hydrogen-bond acceptors (Lipinski definition) is 3. The van der Waals surface area contributed by atoms with Gasteiger partial charge in [-0.15, -0.1) is 0 Å². The van der Waals surface area contributed by atoms with Crippen LogP contribution in [0.1, 0.15) is 22.3 Å². The number of aromatic nitrogens is 3. The smallest absolute Gasteiger partial charge is 0.348 e. The summed E-state index contributed by atoms with van der Waals surface area (Å²) in [4.78, 5) is 10.8. The fraction of sp³-hybridized carbons (Fsp3) is 0.167. The zero-order valence-electron chi connectivity index (χ0n) is 25.3. The first kappa shape index (κ1) is 30.9. The van der Waals surface area contributed by atoms with Gasteiger partial charge in [-0.3, -0.25) is 4.57 Å². The van der Waals surface area contributed by atoms with Crippen LogP contribution in [-0.4, -0.2) is 28.6 Å². The fourth-order valence-corrected chi connectivity index (χ4v) is 6.00. The Labute approximate surface area is 261 Å². The number of aryl methyl sites for hydroxylation is 2. The van der Waals surface area contributed by atoms with Gasteiger partial charge < -0.3 is 4.90 Å². The van der Waals surface area contributed by atoms with Gasteiger partial charge in [0, 0.05) is 25.9 Å². The van der Waals surface area contributed by atoms with Crippen molar-refractivity contribution in [1.82, 2.24) is 14.5 Å². The number of halogens is 6. The summed E-state index contributed by atoms with van der Waals surface area (Å²) < 4.78 is 88.8. The summed E-state index contributed by atoms with van der Waals surface area (Å²) >= 11 is 0. The molecule has 0 unspecified atom stereocenters. The molecule has 0 aliphatic rings. The number of imidazole rings is 1. The predicted molar refractivity (Wildman–Crippen MR) is 169 cm³/mol. The van der Waals surface area contributed by atoms with Crippen molar-refractivity contribution in [2.45, 2.75) is 26.2 Å². The summed E-state index contributed by atoms with van der Waals surface area (Å²) in [6, 6.07) is 23.8. The van der Waals surface area contributed by atoms with Crippen LogP contribution in [-0.2, 0) is 12.4 Å². The third kappa shape index (κ3) is 5.48. The monoisotopic (exact) mass is 630 g/mol. The van der Waals surface area contributed by atoms with Gasteiger partial charge in [-0.1, -0.05) is 66.7 Å². The van der Waals surface area contributed by atoms with Gasteiger partial charge in [0.15, 0.2) is 5.65 Å². The largest absolute Gasteiger partial charge is 0.417 e. The van der Waals surface area contributed by atoms with Crippen molar-refractivity contribution < 1.29 is 26.3 Å². The molecule has 2 aromatic heterocycles. The van der Waals surface area contributed by atoms with E-state index < -0.39 is 23.5 Å². The molecule has 0 atom stereocenters. The molecule has 0 aliphatic carbocycles.